The molecule has 0 radical (unpaired) electrons. The van der Waals surface area contributed by atoms with Crippen molar-refractivity contribution in [1.29, 1.82) is 0 Å². The van der Waals surface area contributed by atoms with E-state index < -0.39 is 15.9 Å². The molecule has 1 aromatic rings. The zero-order valence-corrected chi connectivity index (χ0v) is 19.1. The van der Waals surface area contributed by atoms with Crippen molar-refractivity contribution in [2.75, 3.05) is 30.4 Å². The Hall–Kier alpha value is -1.76. The fourth-order valence-corrected chi connectivity index (χ4v) is 3.05. The molecule has 1 N–H and O–H groups in total. The van der Waals surface area contributed by atoms with Crippen LogP contribution < -0.4 is 5.32 Å². The Balaban J connectivity index is 2.73. The Kier molecular flexibility index (Phi) is 8.35. The average Bonchev–Trinajstić information content (AvgIpc) is 2.55. The number of carbonyl (C=O) groups excluding carboxylic acids is 1. The largest absolute Gasteiger partial charge is 0.445 e. The molecule has 0 spiro atoms. The Labute approximate surface area is 170 Å². The first-order chi connectivity index (χ1) is 12.7. The van der Waals surface area contributed by atoms with Crippen LogP contribution in [0.4, 0.5) is 10.5 Å². The number of anilines is 1. The molecule has 6 nitrogen and oxygen atoms in total. The maximum absolute atomic E-state index is 12.6. The number of benzene rings is 1. The minimum absolute atomic E-state index is 0.0276. The maximum Gasteiger partial charge on any atom is 0.410 e. The van der Waals surface area contributed by atoms with Crippen LogP contribution >= 0.6 is 0 Å². The van der Waals surface area contributed by atoms with Gasteiger partial charge >= 0.3 is 6.09 Å². The highest BCUT2D eigenvalue weighted by Crippen LogP contribution is 2.22. The molecule has 1 aromatic carbocycles. The Morgan fingerprint density at radius 1 is 1.11 bits per heavy atom. The number of hydrogen-bond donors (Lipinski definition) is 1. The summed E-state index contributed by atoms with van der Waals surface area (Å²) >= 11 is 0. The molecule has 28 heavy (non-hydrogen) atoms. The van der Waals surface area contributed by atoms with Crippen molar-refractivity contribution in [3.63, 3.8) is 0 Å². The molecule has 7 heteroatoms. The van der Waals surface area contributed by atoms with Gasteiger partial charge in [-0.15, -0.1) is 0 Å². The van der Waals surface area contributed by atoms with E-state index in [0.717, 1.165) is 17.7 Å². The summed E-state index contributed by atoms with van der Waals surface area (Å²) < 4.78 is 28.5. The number of sulfone groups is 1. The summed E-state index contributed by atoms with van der Waals surface area (Å²) in [5.41, 5.74) is 1.74. The summed E-state index contributed by atoms with van der Waals surface area (Å²) in [7, 11) is -3.16. The van der Waals surface area contributed by atoms with Gasteiger partial charge in [-0.3, -0.25) is 0 Å². The zero-order valence-electron chi connectivity index (χ0n) is 18.3. The number of amides is 1. The van der Waals surface area contributed by atoms with Gasteiger partial charge in [-0.1, -0.05) is 32.9 Å². The SMILES string of the molecule is CCC(C)(C)CN(CCS(C)(=O)=O)C(=O)OCc1ccc(NC(C)(C)C)cc1. The highest BCUT2D eigenvalue weighted by molar-refractivity contribution is 7.90. The van der Waals surface area contributed by atoms with Crippen LogP contribution in [0.1, 0.15) is 53.5 Å². The molecule has 1 rings (SSSR count). The zero-order chi connectivity index (χ0) is 21.6. The van der Waals surface area contributed by atoms with Crippen LogP contribution in [0.25, 0.3) is 0 Å². The lowest BCUT2D eigenvalue weighted by molar-refractivity contribution is 0.0829. The standard InChI is InChI=1S/C21H36N2O4S/c1-8-21(5,6)16-23(13-14-28(7,25)26)19(24)27-15-17-9-11-18(12-10-17)22-20(2,3)4/h9-12,22H,8,13-16H2,1-7H3. The van der Waals surface area contributed by atoms with Gasteiger partial charge in [-0.25, -0.2) is 13.2 Å². The van der Waals surface area contributed by atoms with E-state index in [9.17, 15) is 13.2 Å². The quantitative estimate of drug-likeness (QED) is 0.654. The number of carbonyl (C=O) groups is 1. The molecule has 1 amide bonds. The van der Waals surface area contributed by atoms with Gasteiger partial charge in [-0.2, -0.15) is 0 Å². The second-order valence-electron chi connectivity index (χ2n) is 9.20. The van der Waals surface area contributed by atoms with Gasteiger partial charge in [0.2, 0.25) is 0 Å². The van der Waals surface area contributed by atoms with Crippen molar-refractivity contribution < 1.29 is 17.9 Å². The van der Waals surface area contributed by atoms with E-state index in [4.69, 9.17) is 4.74 Å². The minimum atomic E-state index is -3.16. The van der Waals surface area contributed by atoms with Crippen molar-refractivity contribution >= 4 is 21.6 Å². The van der Waals surface area contributed by atoms with E-state index in [0.29, 0.717) is 6.54 Å². The van der Waals surface area contributed by atoms with Crippen molar-refractivity contribution in [3.8, 4) is 0 Å². The molecule has 160 valence electrons. The van der Waals surface area contributed by atoms with Crippen molar-refractivity contribution in [1.82, 2.24) is 4.90 Å². The van der Waals surface area contributed by atoms with E-state index in [-0.39, 0.29) is 29.9 Å². The van der Waals surface area contributed by atoms with Crippen LogP contribution in [0, 0.1) is 5.41 Å². The number of rotatable bonds is 9. The Bertz CT molecular complexity index is 735. The van der Waals surface area contributed by atoms with Gasteiger partial charge in [0.15, 0.2) is 0 Å². The maximum atomic E-state index is 12.6. The Morgan fingerprint density at radius 3 is 2.14 bits per heavy atom. The fourth-order valence-electron chi connectivity index (χ4n) is 2.49. The lowest BCUT2D eigenvalue weighted by Crippen LogP contribution is -2.41. The van der Waals surface area contributed by atoms with Crippen LogP contribution in [0.5, 0.6) is 0 Å². The highest BCUT2D eigenvalue weighted by atomic mass is 32.2. The molecule has 0 aliphatic heterocycles. The van der Waals surface area contributed by atoms with Crippen molar-refractivity contribution in [2.24, 2.45) is 5.41 Å². The summed E-state index contributed by atoms with van der Waals surface area (Å²) in [5, 5.41) is 3.38. The van der Waals surface area contributed by atoms with Crippen LogP contribution in [0.2, 0.25) is 0 Å². The van der Waals surface area contributed by atoms with Crippen molar-refractivity contribution in [3.05, 3.63) is 29.8 Å². The van der Waals surface area contributed by atoms with E-state index in [1.165, 1.54) is 11.2 Å². The number of hydrogen-bond acceptors (Lipinski definition) is 5. The van der Waals surface area contributed by atoms with Crippen LogP contribution in [-0.2, 0) is 21.2 Å². The van der Waals surface area contributed by atoms with E-state index in [2.05, 4.69) is 39.9 Å². The highest BCUT2D eigenvalue weighted by Gasteiger charge is 2.25. The summed E-state index contributed by atoms with van der Waals surface area (Å²) in [6, 6.07) is 7.74. The molecule has 0 heterocycles. The smallest absolute Gasteiger partial charge is 0.410 e. The monoisotopic (exact) mass is 412 g/mol. The van der Waals surface area contributed by atoms with Gasteiger partial charge in [0.25, 0.3) is 0 Å². The molecular weight excluding hydrogens is 376 g/mol. The van der Waals surface area contributed by atoms with E-state index in [1.54, 1.807) is 0 Å². The number of nitrogens with zero attached hydrogens (tertiary/aromatic N) is 1. The van der Waals surface area contributed by atoms with Gasteiger partial charge in [0.1, 0.15) is 16.4 Å². The topological polar surface area (TPSA) is 75.7 Å². The third-order valence-corrected chi connectivity index (χ3v) is 5.33. The van der Waals surface area contributed by atoms with Gasteiger partial charge in [0, 0.05) is 30.6 Å². The lowest BCUT2D eigenvalue weighted by Gasteiger charge is -2.31. The van der Waals surface area contributed by atoms with Gasteiger partial charge < -0.3 is 15.0 Å². The normalized spacial score (nSPS) is 12.5. The first kappa shape index (κ1) is 24.3. The second kappa shape index (κ2) is 9.63. The molecule has 0 aromatic heterocycles. The summed E-state index contributed by atoms with van der Waals surface area (Å²) in [5.74, 6) is -0.0743. The first-order valence-corrected chi connectivity index (χ1v) is 11.7. The predicted octanol–water partition coefficient (Wildman–Crippen LogP) is 4.32. The second-order valence-corrected chi connectivity index (χ2v) is 11.5. The first-order valence-electron chi connectivity index (χ1n) is 9.67. The van der Waals surface area contributed by atoms with E-state index in [1.807, 2.05) is 31.2 Å². The van der Waals surface area contributed by atoms with Gasteiger partial charge in [0.05, 0.1) is 5.75 Å². The molecule has 0 unspecified atom stereocenters. The molecule has 0 saturated heterocycles. The van der Waals surface area contributed by atoms with Crippen LogP contribution in [0.3, 0.4) is 0 Å². The Morgan fingerprint density at radius 2 is 1.68 bits per heavy atom. The van der Waals surface area contributed by atoms with E-state index >= 15 is 0 Å². The number of nitrogens with one attached hydrogen (secondary N) is 1. The molecule has 0 atom stereocenters. The molecule has 0 aliphatic carbocycles. The summed E-state index contributed by atoms with van der Waals surface area (Å²) in [6.07, 6.45) is 1.56. The lowest BCUT2D eigenvalue weighted by atomic mass is 9.90. The predicted molar refractivity (Wildman–Crippen MR) is 115 cm³/mol. The minimum Gasteiger partial charge on any atom is -0.445 e. The number of ether oxygens (including phenoxy) is 1. The summed E-state index contributed by atoms with van der Waals surface area (Å²) in [4.78, 5) is 14.1. The molecule has 0 aliphatic rings. The average molecular weight is 413 g/mol. The third-order valence-electron chi connectivity index (χ3n) is 4.40. The molecular formula is C21H36N2O4S. The molecule has 0 saturated carbocycles. The molecule has 0 bridgehead atoms. The molecule has 0 fully saturated rings. The van der Waals surface area contributed by atoms with Crippen molar-refractivity contribution in [2.45, 2.75) is 60.1 Å². The van der Waals surface area contributed by atoms with Crippen LogP contribution in [-0.4, -0.2) is 50.0 Å². The van der Waals surface area contributed by atoms with Crippen LogP contribution in [0.15, 0.2) is 24.3 Å². The summed E-state index contributed by atoms with van der Waals surface area (Å²) in [6.45, 7) is 13.2. The third kappa shape index (κ3) is 9.97. The fraction of sp³-hybridized carbons (Fsp3) is 0.667. The van der Waals surface area contributed by atoms with Gasteiger partial charge in [-0.05, 0) is 50.3 Å².